The number of methoxy groups -OCH3 is 1. The van der Waals surface area contributed by atoms with Gasteiger partial charge in [0.15, 0.2) is 0 Å². The second kappa shape index (κ2) is 4.77. The predicted molar refractivity (Wildman–Crippen MR) is 50.8 cm³/mol. The Labute approximate surface area is 87.4 Å². The number of rotatable bonds is 3. The molecule has 1 rings (SSSR count). The van der Waals surface area contributed by atoms with E-state index in [9.17, 15) is 14.4 Å². The summed E-state index contributed by atoms with van der Waals surface area (Å²) in [4.78, 5) is 33.3. The Morgan fingerprint density at radius 1 is 1.60 bits per heavy atom. The van der Waals surface area contributed by atoms with Crippen molar-refractivity contribution in [1.82, 2.24) is 10.6 Å². The molecule has 0 bridgehead atoms. The molecule has 0 aliphatic carbocycles. The summed E-state index contributed by atoms with van der Waals surface area (Å²) in [5, 5.41) is 4.98. The number of hydrogen-bond acceptors (Lipinski definition) is 4. The summed E-state index contributed by atoms with van der Waals surface area (Å²) < 4.78 is 4.46. The van der Waals surface area contributed by atoms with Gasteiger partial charge in [0.25, 0.3) is 0 Å². The van der Waals surface area contributed by atoms with Crippen LogP contribution in [0.5, 0.6) is 0 Å². The van der Waals surface area contributed by atoms with E-state index in [-0.39, 0.29) is 11.8 Å². The third-order valence-corrected chi connectivity index (χ3v) is 2.23. The molecule has 1 aliphatic heterocycles. The summed E-state index contributed by atoms with van der Waals surface area (Å²) in [5.41, 5.74) is 0. The number of amides is 2. The van der Waals surface area contributed by atoms with Gasteiger partial charge in [0, 0.05) is 6.42 Å². The maximum atomic E-state index is 11.5. The number of ether oxygens (including phenoxy) is 1. The van der Waals surface area contributed by atoms with E-state index in [1.165, 1.54) is 14.0 Å². The van der Waals surface area contributed by atoms with E-state index >= 15 is 0 Å². The summed E-state index contributed by atoms with van der Waals surface area (Å²) in [6, 6.07) is -1.22. The van der Waals surface area contributed by atoms with E-state index in [0.29, 0.717) is 12.8 Å². The van der Waals surface area contributed by atoms with E-state index < -0.39 is 18.1 Å². The van der Waals surface area contributed by atoms with Crippen molar-refractivity contribution in [2.75, 3.05) is 7.11 Å². The molecule has 0 spiro atoms. The van der Waals surface area contributed by atoms with Gasteiger partial charge < -0.3 is 15.4 Å². The number of carbonyl (C=O) groups is 3. The molecule has 2 N–H and O–H groups in total. The van der Waals surface area contributed by atoms with Gasteiger partial charge in [0.1, 0.15) is 12.1 Å². The molecule has 84 valence electrons. The molecule has 6 heteroatoms. The van der Waals surface area contributed by atoms with Gasteiger partial charge in [0.2, 0.25) is 11.8 Å². The summed E-state index contributed by atoms with van der Waals surface area (Å²) in [6.45, 7) is 1.53. The minimum atomic E-state index is -0.694. The van der Waals surface area contributed by atoms with E-state index in [0.717, 1.165) is 0 Å². The Hall–Kier alpha value is -1.59. The Morgan fingerprint density at radius 3 is 2.73 bits per heavy atom. The smallest absolute Gasteiger partial charge is 0.328 e. The zero-order valence-corrected chi connectivity index (χ0v) is 8.70. The molecule has 0 radical (unpaired) electrons. The molecule has 1 saturated heterocycles. The average molecular weight is 214 g/mol. The van der Waals surface area contributed by atoms with Crippen molar-refractivity contribution in [3.63, 3.8) is 0 Å². The lowest BCUT2D eigenvalue weighted by Gasteiger charge is -2.14. The number of carbonyl (C=O) groups excluding carboxylic acids is 3. The Kier molecular flexibility index (Phi) is 3.65. The standard InChI is InChI=1S/C9H14N2O4/c1-5(9(14)15-2)10-8(13)6-3-4-7(12)11-6/h5-6H,3-4H2,1-2H3,(H,10,13)(H,11,12). The van der Waals surface area contributed by atoms with Crippen LogP contribution in [-0.2, 0) is 19.1 Å². The normalized spacial score (nSPS) is 21.7. The van der Waals surface area contributed by atoms with Crippen LogP contribution in [0.15, 0.2) is 0 Å². The maximum Gasteiger partial charge on any atom is 0.328 e. The third-order valence-electron chi connectivity index (χ3n) is 2.23. The highest BCUT2D eigenvalue weighted by Crippen LogP contribution is 2.06. The van der Waals surface area contributed by atoms with Crippen molar-refractivity contribution >= 4 is 17.8 Å². The summed E-state index contributed by atoms with van der Waals surface area (Å²) >= 11 is 0. The molecule has 1 aliphatic rings. The van der Waals surface area contributed by atoms with Crippen molar-refractivity contribution in [3.05, 3.63) is 0 Å². The second-order valence-electron chi connectivity index (χ2n) is 3.41. The van der Waals surface area contributed by atoms with Gasteiger partial charge in [-0.2, -0.15) is 0 Å². The fraction of sp³-hybridized carbons (Fsp3) is 0.667. The summed E-state index contributed by atoms with van der Waals surface area (Å²) in [5.74, 6) is -0.993. The third kappa shape index (κ3) is 2.93. The largest absolute Gasteiger partial charge is 0.467 e. The summed E-state index contributed by atoms with van der Waals surface area (Å²) in [7, 11) is 1.25. The molecular weight excluding hydrogens is 200 g/mol. The van der Waals surface area contributed by atoms with Crippen LogP contribution in [0.25, 0.3) is 0 Å². The Bertz CT molecular complexity index is 290. The van der Waals surface area contributed by atoms with Crippen molar-refractivity contribution in [1.29, 1.82) is 0 Å². The van der Waals surface area contributed by atoms with E-state index in [1.807, 2.05) is 0 Å². The molecule has 2 amide bonds. The topological polar surface area (TPSA) is 84.5 Å². The molecule has 1 fully saturated rings. The van der Waals surface area contributed by atoms with Crippen molar-refractivity contribution < 1.29 is 19.1 Å². The molecule has 0 aromatic carbocycles. The molecule has 0 saturated carbocycles. The highest BCUT2D eigenvalue weighted by molar-refractivity contribution is 5.92. The SMILES string of the molecule is COC(=O)C(C)NC(=O)C1CCC(=O)N1. The summed E-state index contributed by atoms with van der Waals surface area (Å²) in [6.07, 6.45) is 0.823. The molecule has 6 nitrogen and oxygen atoms in total. The van der Waals surface area contributed by atoms with Crippen LogP contribution in [0.1, 0.15) is 19.8 Å². The highest BCUT2D eigenvalue weighted by atomic mass is 16.5. The van der Waals surface area contributed by atoms with Gasteiger partial charge in [-0.1, -0.05) is 0 Å². The Morgan fingerprint density at radius 2 is 2.27 bits per heavy atom. The first-order chi connectivity index (χ1) is 7.04. The van der Waals surface area contributed by atoms with Crippen molar-refractivity contribution in [2.24, 2.45) is 0 Å². The second-order valence-corrected chi connectivity index (χ2v) is 3.41. The lowest BCUT2D eigenvalue weighted by molar-refractivity contribution is -0.144. The first kappa shape index (κ1) is 11.5. The van der Waals surface area contributed by atoms with Gasteiger partial charge in [-0.25, -0.2) is 4.79 Å². The van der Waals surface area contributed by atoms with Crippen LogP contribution in [0, 0.1) is 0 Å². The van der Waals surface area contributed by atoms with Crippen LogP contribution in [0.3, 0.4) is 0 Å². The van der Waals surface area contributed by atoms with E-state index in [1.54, 1.807) is 0 Å². The van der Waals surface area contributed by atoms with Crippen molar-refractivity contribution in [3.8, 4) is 0 Å². The number of esters is 1. The van der Waals surface area contributed by atoms with Gasteiger partial charge in [-0.15, -0.1) is 0 Å². The molecule has 15 heavy (non-hydrogen) atoms. The molecule has 2 atom stereocenters. The van der Waals surface area contributed by atoms with Gasteiger partial charge >= 0.3 is 5.97 Å². The highest BCUT2D eigenvalue weighted by Gasteiger charge is 2.29. The molecule has 1 heterocycles. The van der Waals surface area contributed by atoms with Gasteiger partial charge in [0.05, 0.1) is 7.11 Å². The lowest BCUT2D eigenvalue weighted by Crippen LogP contribution is -2.47. The monoisotopic (exact) mass is 214 g/mol. The molecular formula is C9H14N2O4. The predicted octanol–water partition coefficient (Wildman–Crippen LogP) is -1.06. The van der Waals surface area contributed by atoms with Gasteiger partial charge in [-0.3, -0.25) is 9.59 Å². The first-order valence-corrected chi connectivity index (χ1v) is 4.72. The van der Waals surface area contributed by atoms with Crippen LogP contribution in [0.2, 0.25) is 0 Å². The minimum Gasteiger partial charge on any atom is -0.467 e. The minimum absolute atomic E-state index is 0.138. The maximum absolute atomic E-state index is 11.5. The fourth-order valence-corrected chi connectivity index (χ4v) is 1.36. The quantitative estimate of drug-likeness (QED) is 0.587. The van der Waals surface area contributed by atoms with Crippen LogP contribution in [-0.4, -0.2) is 37.0 Å². The fourth-order valence-electron chi connectivity index (χ4n) is 1.36. The Balaban J connectivity index is 2.42. The first-order valence-electron chi connectivity index (χ1n) is 4.72. The molecule has 0 aromatic rings. The number of nitrogens with one attached hydrogen (secondary N) is 2. The van der Waals surface area contributed by atoms with Crippen molar-refractivity contribution in [2.45, 2.75) is 31.8 Å². The van der Waals surface area contributed by atoms with Crippen LogP contribution in [0.4, 0.5) is 0 Å². The van der Waals surface area contributed by atoms with E-state index in [4.69, 9.17) is 0 Å². The average Bonchev–Trinajstić information content (AvgIpc) is 2.63. The van der Waals surface area contributed by atoms with Gasteiger partial charge in [-0.05, 0) is 13.3 Å². The van der Waals surface area contributed by atoms with E-state index in [2.05, 4.69) is 15.4 Å². The lowest BCUT2D eigenvalue weighted by atomic mass is 10.2. The zero-order valence-electron chi connectivity index (χ0n) is 8.70. The molecule has 2 unspecified atom stereocenters. The number of hydrogen-bond donors (Lipinski definition) is 2. The van der Waals surface area contributed by atoms with Crippen LogP contribution >= 0.6 is 0 Å². The zero-order chi connectivity index (χ0) is 11.4. The van der Waals surface area contributed by atoms with Crippen LogP contribution < -0.4 is 10.6 Å². The molecule has 0 aromatic heterocycles.